The summed E-state index contributed by atoms with van der Waals surface area (Å²) in [6.45, 7) is 2.42. The molecule has 1 amide bonds. The zero-order valence-electron chi connectivity index (χ0n) is 12.1. The quantitative estimate of drug-likeness (QED) is 0.839. The van der Waals surface area contributed by atoms with Crippen LogP contribution in [0, 0.1) is 5.92 Å². The van der Waals surface area contributed by atoms with Gasteiger partial charge in [0, 0.05) is 11.6 Å². The third kappa shape index (κ3) is 4.23. The van der Waals surface area contributed by atoms with Crippen LogP contribution in [0.4, 0.5) is 5.69 Å². The average Bonchev–Trinajstić information content (AvgIpc) is 2.94. The van der Waals surface area contributed by atoms with Gasteiger partial charge in [-0.25, -0.2) is 0 Å². The smallest absolute Gasteiger partial charge is 0.227 e. The molecule has 0 radical (unpaired) electrons. The third-order valence-electron chi connectivity index (χ3n) is 3.77. The number of carbonyl (C=O) groups is 1. The van der Waals surface area contributed by atoms with E-state index < -0.39 is 0 Å². The van der Waals surface area contributed by atoms with Crippen molar-refractivity contribution in [3.63, 3.8) is 0 Å². The second kappa shape index (κ2) is 7.29. The maximum absolute atomic E-state index is 11.9. The summed E-state index contributed by atoms with van der Waals surface area (Å²) in [5.41, 5.74) is 6.27. The number of nitrogens with two attached hydrogens (primary N) is 1. The van der Waals surface area contributed by atoms with Gasteiger partial charge in [0.1, 0.15) is 5.75 Å². The van der Waals surface area contributed by atoms with E-state index in [1.807, 2.05) is 31.2 Å². The van der Waals surface area contributed by atoms with Crippen molar-refractivity contribution in [2.75, 3.05) is 11.9 Å². The van der Waals surface area contributed by atoms with Crippen LogP contribution in [0.25, 0.3) is 0 Å². The Labute approximate surface area is 120 Å². The lowest BCUT2D eigenvalue weighted by Gasteiger charge is -2.14. The standard InChI is InChI=1S/C16H24N2O2/c1-12(10-11-17)16(19)18-13-6-8-15(9-7-13)20-14-4-2-3-5-14/h6-9,12,14H,2-5,10-11,17H2,1H3,(H,18,19). The first kappa shape index (κ1) is 14.9. The summed E-state index contributed by atoms with van der Waals surface area (Å²) in [7, 11) is 0. The van der Waals surface area contributed by atoms with Gasteiger partial charge in [-0.05, 0) is 62.9 Å². The van der Waals surface area contributed by atoms with E-state index in [2.05, 4.69) is 5.32 Å². The third-order valence-corrected chi connectivity index (χ3v) is 3.77. The summed E-state index contributed by atoms with van der Waals surface area (Å²) in [6, 6.07) is 7.61. The molecule has 3 N–H and O–H groups in total. The van der Waals surface area contributed by atoms with E-state index >= 15 is 0 Å². The summed E-state index contributed by atoms with van der Waals surface area (Å²) >= 11 is 0. The number of carbonyl (C=O) groups excluding carboxylic acids is 1. The second-order valence-electron chi connectivity index (χ2n) is 5.52. The van der Waals surface area contributed by atoms with Gasteiger partial charge >= 0.3 is 0 Å². The Bertz CT molecular complexity index is 425. The highest BCUT2D eigenvalue weighted by Gasteiger charge is 2.16. The van der Waals surface area contributed by atoms with E-state index in [0.29, 0.717) is 19.1 Å². The van der Waals surface area contributed by atoms with E-state index in [-0.39, 0.29) is 11.8 Å². The molecule has 1 aliphatic rings. The number of hydrogen-bond acceptors (Lipinski definition) is 3. The molecule has 1 aromatic carbocycles. The molecule has 1 saturated carbocycles. The molecule has 0 aliphatic heterocycles. The fraction of sp³-hybridized carbons (Fsp3) is 0.562. The fourth-order valence-corrected chi connectivity index (χ4v) is 2.46. The second-order valence-corrected chi connectivity index (χ2v) is 5.52. The number of nitrogens with one attached hydrogen (secondary N) is 1. The highest BCUT2D eigenvalue weighted by atomic mass is 16.5. The first-order valence-corrected chi connectivity index (χ1v) is 7.46. The molecule has 20 heavy (non-hydrogen) atoms. The van der Waals surface area contributed by atoms with Gasteiger partial charge in [-0.1, -0.05) is 6.92 Å². The van der Waals surface area contributed by atoms with Crippen LogP contribution in [-0.4, -0.2) is 18.6 Å². The molecule has 0 saturated heterocycles. The van der Waals surface area contributed by atoms with Gasteiger partial charge < -0.3 is 15.8 Å². The number of benzene rings is 1. The van der Waals surface area contributed by atoms with Crippen LogP contribution in [0.5, 0.6) is 5.75 Å². The van der Waals surface area contributed by atoms with Crippen LogP contribution in [0.1, 0.15) is 39.0 Å². The van der Waals surface area contributed by atoms with E-state index in [9.17, 15) is 4.79 Å². The minimum absolute atomic E-state index is 0.0138. The summed E-state index contributed by atoms with van der Waals surface area (Å²) in [6.07, 6.45) is 5.88. The molecule has 2 rings (SSSR count). The van der Waals surface area contributed by atoms with Gasteiger partial charge in [0.15, 0.2) is 0 Å². The Morgan fingerprint density at radius 2 is 2.00 bits per heavy atom. The maximum atomic E-state index is 11.9. The first-order chi connectivity index (χ1) is 9.69. The van der Waals surface area contributed by atoms with Crippen molar-refractivity contribution >= 4 is 11.6 Å². The van der Waals surface area contributed by atoms with Gasteiger partial charge in [0.25, 0.3) is 0 Å². The van der Waals surface area contributed by atoms with Crippen molar-refractivity contribution in [2.24, 2.45) is 11.7 Å². The number of ether oxygens (including phenoxy) is 1. The molecule has 0 aromatic heterocycles. The Balaban J connectivity index is 1.86. The van der Waals surface area contributed by atoms with Crippen molar-refractivity contribution in [3.8, 4) is 5.75 Å². The van der Waals surface area contributed by atoms with Crippen molar-refractivity contribution in [1.82, 2.24) is 0 Å². The van der Waals surface area contributed by atoms with Gasteiger partial charge in [-0.3, -0.25) is 4.79 Å². The lowest BCUT2D eigenvalue weighted by Crippen LogP contribution is -2.22. The number of rotatable bonds is 6. The average molecular weight is 276 g/mol. The van der Waals surface area contributed by atoms with E-state index in [4.69, 9.17) is 10.5 Å². The zero-order chi connectivity index (χ0) is 14.4. The Hall–Kier alpha value is -1.55. The van der Waals surface area contributed by atoms with Crippen LogP contribution in [0.15, 0.2) is 24.3 Å². The molecule has 110 valence electrons. The van der Waals surface area contributed by atoms with Crippen molar-refractivity contribution in [3.05, 3.63) is 24.3 Å². The van der Waals surface area contributed by atoms with Crippen LogP contribution >= 0.6 is 0 Å². The van der Waals surface area contributed by atoms with Crippen LogP contribution in [0.3, 0.4) is 0 Å². The Kier molecular flexibility index (Phi) is 5.41. The minimum Gasteiger partial charge on any atom is -0.490 e. The van der Waals surface area contributed by atoms with Crippen molar-refractivity contribution in [2.45, 2.75) is 45.1 Å². The normalized spacial score (nSPS) is 16.9. The topological polar surface area (TPSA) is 64.4 Å². The largest absolute Gasteiger partial charge is 0.490 e. The fourth-order valence-electron chi connectivity index (χ4n) is 2.46. The SMILES string of the molecule is CC(CCN)C(=O)Nc1ccc(OC2CCCC2)cc1. The summed E-state index contributed by atoms with van der Waals surface area (Å²) < 4.78 is 5.89. The highest BCUT2D eigenvalue weighted by Crippen LogP contribution is 2.25. The lowest BCUT2D eigenvalue weighted by atomic mass is 10.1. The van der Waals surface area contributed by atoms with E-state index in [1.165, 1.54) is 12.8 Å². The molecule has 1 atom stereocenters. The van der Waals surface area contributed by atoms with E-state index in [0.717, 1.165) is 24.3 Å². The van der Waals surface area contributed by atoms with Crippen molar-refractivity contribution in [1.29, 1.82) is 0 Å². The number of amides is 1. The molecule has 1 aromatic rings. The summed E-state index contributed by atoms with van der Waals surface area (Å²) in [5.74, 6) is 0.833. The molecule has 4 nitrogen and oxygen atoms in total. The first-order valence-electron chi connectivity index (χ1n) is 7.46. The lowest BCUT2D eigenvalue weighted by molar-refractivity contribution is -0.119. The van der Waals surface area contributed by atoms with Crippen LogP contribution in [-0.2, 0) is 4.79 Å². The van der Waals surface area contributed by atoms with Gasteiger partial charge in [0.2, 0.25) is 5.91 Å². The number of anilines is 1. The summed E-state index contributed by atoms with van der Waals surface area (Å²) in [4.78, 5) is 11.9. The van der Waals surface area contributed by atoms with E-state index in [1.54, 1.807) is 0 Å². The van der Waals surface area contributed by atoms with Gasteiger partial charge in [-0.2, -0.15) is 0 Å². The monoisotopic (exact) mass is 276 g/mol. The molecule has 1 fully saturated rings. The minimum atomic E-state index is -0.0607. The number of hydrogen-bond donors (Lipinski definition) is 2. The van der Waals surface area contributed by atoms with Crippen LogP contribution in [0.2, 0.25) is 0 Å². The van der Waals surface area contributed by atoms with Crippen molar-refractivity contribution < 1.29 is 9.53 Å². The molecule has 0 bridgehead atoms. The van der Waals surface area contributed by atoms with Crippen LogP contribution < -0.4 is 15.8 Å². The molecular formula is C16H24N2O2. The maximum Gasteiger partial charge on any atom is 0.227 e. The van der Waals surface area contributed by atoms with Gasteiger partial charge in [-0.15, -0.1) is 0 Å². The highest BCUT2D eigenvalue weighted by molar-refractivity contribution is 5.92. The molecular weight excluding hydrogens is 252 g/mol. The predicted octanol–water partition coefficient (Wildman–Crippen LogP) is 2.93. The molecule has 4 heteroatoms. The Morgan fingerprint density at radius 1 is 1.35 bits per heavy atom. The van der Waals surface area contributed by atoms with Gasteiger partial charge in [0.05, 0.1) is 6.10 Å². The summed E-state index contributed by atoms with van der Waals surface area (Å²) in [5, 5.41) is 2.90. The predicted molar refractivity (Wildman–Crippen MR) is 80.8 cm³/mol. The molecule has 1 aliphatic carbocycles. The molecule has 0 heterocycles. The zero-order valence-corrected chi connectivity index (χ0v) is 12.1. The molecule has 0 spiro atoms. The molecule has 1 unspecified atom stereocenters. The Morgan fingerprint density at radius 3 is 2.60 bits per heavy atom.